The molecule has 1 heterocycles. The Bertz CT molecular complexity index is 569. The van der Waals surface area contributed by atoms with Crippen molar-refractivity contribution in [2.45, 2.75) is 12.8 Å². The van der Waals surface area contributed by atoms with Gasteiger partial charge in [-0.3, -0.25) is 0 Å². The lowest BCUT2D eigenvalue weighted by Gasteiger charge is -2.07. The van der Waals surface area contributed by atoms with Crippen LogP contribution in [-0.4, -0.2) is 14.2 Å². The molecule has 0 aliphatic carbocycles. The second kappa shape index (κ2) is 5.07. The highest BCUT2D eigenvalue weighted by atomic mass is 32.1. The molecule has 0 radical (unpaired) electrons. The second-order valence-electron chi connectivity index (χ2n) is 3.62. The minimum atomic E-state index is 0.542. The van der Waals surface area contributed by atoms with Crippen LogP contribution in [0.15, 0.2) is 17.5 Å². The minimum absolute atomic E-state index is 0.542. The molecule has 0 aliphatic heterocycles. The lowest BCUT2D eigenvalue weighted by atomic mass is 10.1. The number of benzene rings is 1. The summed E-state index contributed by atoms with van der Waals surface area (Å²) < 4.78 is 11.7. The van der Waals surface area contributed by atoms with Crippen LogP contribution in [0.3, 0.4) is 0 Å². The number of fused-ring (bicyclic) bond motifs is 1. The summed E-state index contributed by atoms with van der Waals surface area (Å²) in [5.74, 6) is 1.48. The number of nitriles is 1. The fourth-order valence-corrected chi connectivity index (χ4v) is 2.80. The summed E-state index contributed by atoms with van der Waals surface area (Å²) in [7, 11) is 3.26. The van der Waals surface area contributed by atoms with Crippen molar-refractivity contribution >= 4 is 21.4 Å². The average Bonchev–Trinajstić information content (AvgIpc) is 2.76. The van der Waals surface area contributed by atoms with E-state index in [4.69, 9.17) is 14.7 Å². The van der Waals surface area contributed by atoms with E-state index in [-0.39, 0.29) is 0 Å². The average molecular weight is 247 g/mol. The lowest BCUT2D eigenvalue weighted by Crippen LogP contribution is -1.90. The van der Waals surface area contributed by atoms with Crippen LogP contribution in [0.25, 0.3) is 10.1 Å². The van der Waals surface area contributed by atoms with Crippen LogP contribution in [0.5, 0.6) is 11.5 Å². The molecule has 0 aliphatic rings. The molecule has 0 atom stereocenters. The van der Waals surface area contributed by atoms with Crippen LogP contribution in [0.2, 0.25) is 0 Å². The molecule has 17 heavy (non-hydrogen) atoms. The Morgan fingerprint density at radius 2 is 1.94 bits per heavy atom. The zero-order valence-electron chi connectivity index (χ0n) is 9.82. The summed E-state index contributed by atoms with van der Waals surface area (Å²) in [6.45, 7) is 0. The van der Waals surface area contributed by atoms with Gasteiger partial charge in [0.05, 0.1) is 20.3 Å². The molecule has 4 heteroatoms. The Morgan fingerprint density at radius 3 is 2.59 bits per heavy atom. The minimum Gasteiger partial charge on any atom is -0.493 e. The molecule has 0 saturated heterocycles. The summed E-state index contributed by atoms with van der Waals surface area (Å²) in [6, 6.07) is 6.13. The number of hydrogen-bond acceptors (Lipinski definition) is 4. The van der Waals surface area contributed by atoms with Crippen LogP contribution in [-0.2, 0) is 6.42 Å². The van der Waals surface area contributed by atoms with Gasteiger partial charge < -0.3 is 9.47 Å². The maximum Gasteiger partial charge on any atom is 0.162 e. The number of methoxy groups -OCH3 is 2. The van der Waals surface area contributed by atoms with Crippen molar-refractivity contribution in [2.24, 2.45) is 0 Å². The van der Waals surface area contributed by atoms with Gasteiger partial charge >= 0.3 is 0 Å². The van der Waals surface area contributed by atoms with Gasteiger partial charge in [-0.1, -0.05) is 0 Å². The zero-order chi connectivity index (χ0) is 12.3. The van der Waals surface area contributed by atoms with Gasteiger partial charge in [0.2, 0.25) is 0 Å². The predicted octanol–water partition coefficient (Wildman–Crippen LogP) is 3.37. The largest absolute Gasteiger partial charge is 0.493 e. The van der Waals surface area contributed by atoms with E-state index in [1.54, 1.807) is 25.6 Å². The van der Waals surface area contributed by atoms with Gasteiger partial charge in [-0.15, -0.1) is 11.3 Å². The number of nitrogens with zero attached hydrogens (tertiary/aromatic N) is 1. The van der Waals surface area contributed by atoms with Crippen molar-refractivity contribution in [3.63, 3.8) is 0 Å². The maximum atomic E-state index is 8.63. The first-order chi connectivity index (χ1) is 8.30. The summed E-state index contributed by atoms with van der Waals surface area (Å²) in [5.41, 5.74) is 1.20. The van der Waals surface area contributed by atoms with Crippen molar-refractivity contribution < 1.29 is 9.47 Å². The van der Waals surface area contributed by atoms with Crippen LogP contribution < -0.4 is 9.47 Å². The molecule has 0 saturated carbocycles. The molecule has 0 fully saturated rings. The van der Waals surface area contributed by atoms with Gasteiger partial charge in [0.1, 0.15) is 0 Å². The molecule has 0 bridgehead atoms. The summed E-state index contributed by atoms with van der Waals surface area (Å²) in [4.78, 5) is 0. The Hall–Kier alpha value is -1.73. The molecule has 88 valence electrons. The summed E-state index contributed by atoms with van der Waals surface area (Å²) in [6.07, 6.45) is 1.33. The highest BCUT2D eigenvalue weighted by molar-refractivity contribution is 7.17. The Balaban J connectivity index is 2.50. The molecule has 2 aromatic rings. The van der Waals surface area contributed by atoms with Crippen molar-refractivity contribution in [3.05, 3.63) is 23.1 Å². The van der Waals surface area contributed by atoms with Crippen LogP contribution in [0.4, 0.5) is 0 Å². The summed E-state index contributed by atoms with van der Waals surface area (Å²) in [5, 5.41) is 11.9. The van der Waals surface area contributed by atoms with Crippen LogP contribution >= 0.6 is 11.3 Å². The molecule has 0 unspecified atom stereocenters. The van der Waals surface area contributed by atoms with E-state index in [1.807, 2.05) is 12.1 Å². The molecular formula is C13H13NO2S. The molecule has 1 aromatic heterocycles. The molecule has 0 spiro atoms. The fourth-order valence-electron chi connectivity index (χ4n) is 1.79. The smallest absolute Gasteiger partial charge is 0.162 e. The first-order valence-electron chi connectivity index (χ1n) is 5.29. The highest BCUT2D eigenvalue weighted by Gasteiger charge is 2.10. The van der Waals surface area contributed by atoms with Gasteiger partial charge in [-0.05, 0) is 28.8 Å². The van der Waals surface area contributed by atoms with E-state index in [0.717, 1.165) is 28.0 Å². The fraction of sp³-hybridized carbons (Fsp3) is 0.308. The SMILES string of the molecule is COc1cc2scc(CCC#N)c2cc1OC. The summed E-state index contributed by atoms with van der Waals surface area (Å²) >= 11 is 1.67. The van der Waals surface area contributed by atoms with Gasteiger partial charge in [0.25, 0.3) is 0 Å². The number of aryl methyl sites for hydroxylation is 1. The zero-order valence-corrected chi connectivity index (χ0v) is 10.6. The lowest BCUT2D eigenvalue weighted by molar-refractivity contribution is 0.356. The predicted molar refractivity (Wildman–Crippen MR) is 68.9 cm³/mol. The van der Waals surface area contributed by atoms with Gasteiger partial charge in [-0.25, -0.2) is 0 Å². The topological polar surface area (TPSA) is 42.2 Å². The van der Waals surface area contributed by atoms with E-state index in [0.29, 0.717) is 6.42 Å². The number of hydrogen-bond donors (Lipinski definition) is 0. The van der Waals surface area contributed by atoms with Gasteiger partial charge in [-0.2, -0.15) is 5.26 Å². The van der Waals surface area contributed by atoms with Crippen LogP contribution in [0, 0.1) is 11.3 Å². The van der Waals surface area contributed by atoms with Crippen molar-refractivity contribution in [3.8, 4) is 17.6 Å². The third-order valence-corrected chi connectivity index (χ3v) is 3.66. The van der Waals surface area contributed by atoms with E-state index >= 15 is 0 Å². The normalized spacial score (nSPS) is 10.2. The Morgan fingerprint density at radius 1 is 1.24 bits per heavy atom. The Kier molecular flexibility index (Phi) is 3.50. The second-order valence-corrected chi connectivity index (χ2v) is 4.53. The molecule has 0 N–H and O–H groups in total. The molecular weight excluding hydrogens is 234 g/mol. The van der Waals surface area contributed by atoms with Crippen molar-refractivity contribution in [1.29, 1.82) is 5.26 Å². The molecule has 1 aromatic carbocycles. The molecule has 2 rings (SSSR count). The maximum absolute atomic E-state index is 8.63. The van der Waals surface area contributed by atoms with E-state index < -0.39 is 0 Å². The van der Waals surface area contributed by atoms with E-state index in [2.05, 4.69) is 11.4 Å². The number of thiophene rings is 1. The molecule has 3 nitrogen and oxygen atoms in total. The number of ether oxygens (including phenoxy) is 2. The van der Waals surface area contributed by atoms with Crippen molar-refractivity contribution in [2.75, 3.05) is 14.2 Å². The quantitative estimate of drug-likeness (QED) is 0.831. The third kappa shape index (κ3) is 2.20. The first-order valence-corrected chi connectivity index (χ1v) is 6.17. The van der Waals surface area contributed by atoms with Gasteiger partial charge in [0.15, 0.2) is 11.5 Å². The van der Waals surface area contributed by atoms with E-state index in [1.165, 1.54) is 5.56 Å². The monoisotopic (exact) mass is 247 g/mol. The standard InChI is InChI=1S/C13H13NO2S/c1-15-11-6-10-9(4-3-5-14)8-17-13(10)7-12(11)16-2/h6-8H,3-4H2,1-2H3. The first kappa shape index (κ1) is 11.7. The third-order valence-electron chi connectivity index (χ3n) is 2.67. The Labute approximate surface area is 104 Å². The molecule has 0 amide bonds. The number of rotatable bonds is 4. The highest BCUT2D eigenvalue weighted by Crippen LogP contribution is 2.37. The van der Waals surface area contributed by atoms with Crippen molar-refractivity contribution in [1.82, 2.24) is 0 Å². The van der Waals surface area contributed by atoms with Gasteiger partial charge in [0, 0.05) is 17.2 Å². The van der Waals surface area contributed by atoms with E-state index in [9.17, 15) is 0 Å². The van der Waals surface area contributed by atoms with Crippen LogP contribution in [0.1, 0.15) is 12.0 Å².